The highest BCUT2D eigenvalue weighted by molar-refractivity contribution is 7.99. The van der Waals surface area contributed by atoms with E-state index in [0.29, 0.717) is 30.3 Å². The standard InChI is InChI=1S/C20H22N4OS2/c1-2-11-24-19(25)17-15-8-4-3-5-9-16(15)27-18(17)23-20(24)26-13-14(12-22)7-6-10-21/h2,14H,1,3-9,11,13H2/t14-/m0/s1. The normalized spacial score (nSPS) is 14.7. The molecule has 0 saturated carbocycles. The predicted octanol–water partition coefficient (Wildman–Crippen LogP) is 4.45. The van der Waals surface area contributed by atoms with E-state index in [1.165, 1.54) is 35.0 Å². The van der Waals surface area contributed by atoms with E-state index in [2.05, 4.69) is 18.7 Å². The van der Waals surface area contributed by atoms with Gasteiger partial charge in [-0.25, -0.2) is 4.98 Å². The second-order valence-corrected chi connectivity index (χ2v) is 8.75. The van der Waals surface area contributed by atoms with Crippen LogP contribution in [0.4, 0.5) is 0 Å². The first kappa shape index (κ1) is 19.7. The molecule has 0 saturated heterocycles. The number of nitriles is 2. The average molecular weight is 399 g/mol. The number of hydrogen-bond acceptors (Lipinski definition) is 6. The second kappa shape index (κ2) is 9.21. The van der Waals surface area contributed by atoms with E-state index in [1.807, 2.05) is 0 Å². The summed E-state index contributed by atoms with van der Waals surface area (Å²) < 4.78 is 1.68. The van der Waals surface area contributed by atoms with E-state index >= 15 is 0 Å². The molecule has 1 aliphatic rings. The van der Waals surface area contributed by atoms with Gasteiger partial charge in [0.1, 0.15) is 4.83 Å². The van der Waals surface area contributed by atoms with E-state index < -0.39 is 0 Å². The van der Waals surface area contributed by atoms with Gasteiger partial charge >= 0.3 is 0 Å². The van der Waals surface area contributed by atoms with Crippen LogP contribution in [0, 0.1) is 28.6 Å². The van der Waals surface area contributed by atoms with Crippen LogP contribution in [0.3, 0.4) is 0 Å². The molecular formula is C20H22N4OS2. The molecule has 1 aliphatic carbocycles. The number of fused-ring (bicyclic) bond motifs is 3. The van der Waals surface area contributed by atoms with Crippen molar-refractivity contribution in [1.29, 1.82) is 10.5 Å². The zero-order chi connectivity index (χ0) is 19.2. The maximum Gasteiger partial charge on any atom is 0.263 e. The molecule has 0 fully saturated rings. The van der Waals surface area contributed by atoms with E-state index in [1.54, 1.807) is 22.0 Å². The molecule has 0 radical (unpaired) electrons. The maximum absolute atomic E-state index is 13.2. The van der Waals surface area contributed by atoms with Crippen molar-refractivity contribution in [2.24, 2.45) is 5.92 Å². The fourth-order valence-electron chi connectivity index (χ4n) is 3.40. The summed E-state index contributed by atoms with van der Waals surface area (Å²) in [5, 5.41) is 19.4. The summed E-state index contributed by atoms with van der Waals surface area (Å²) >= 11 is 3.08. The molecule has 5 nitrogen and oxygen atoms in total. The fourth-order valence-corrected chi connectivity index (χ4v) is 5.77. The summed E-state index contributed by atoms with van der Waals surface area (Å²) in [5.41, 5.74) is 1.20. The lowest BCUT2D eigenvalue weighted by molar-refractivity contribution is 0.659. The first-order chi connectivity index (χ1) is 13.2. The van der Waals surface area contributed by atoms with E-state index in [-0.39, 0.29) is 11.5 Å². The van der Waals surface area contributed by atoms with Crippen LogP contribution >= 0.6 is 23.1 Å². The number of nitrogens with zero attached hydrogens (tertiary/aromatic N) is 4. The third-order valence-corrected chi connectivity index (χ3v) is 7.13. The highest BCUT2D eigenvalue weighted by Gasteiger charge is 2.21. The molecule has 2 heterocycles. The van der Waals surface area contributed by atoms with Crippen LogP contribution in [-0.2, 0) is 19.4 Å². The molecule has 27 heavy (non-hydrogen) atoms. The molecule has 0 amide bonds. The summed E-state index contributed by atoms with van der Waals surface area (Å²) in [6.07, 6.45) is 8.11. The molecule has 0 aromatic carbocycles. The zero-order valence-corrected chi connectivity index (χ0v) is 16.9. The van der Waals surface area contributed by atoms with Gasteiger partial charge in [-0.1, -0.05) is 24.3 Å². The van der Waals surface area contributed by atoms with Gasteiger partial charge in [0.05, 0.1) is 23.4 Å². The number of thiophene rings is 1. The molecule has 0 aliphatic heterocycles. The number of allylic oxidation sites excluding steroid dienone is 1. The highest BCUT2D eigenvalue weighted by Crippen LogP contribution is 2.34. The van der Waals surface area contributed by atoms with E-state index in [4.69, 9.17) is 10.2 Å². The Hall–Kier alpha value is -2.09. The van der Waals surface area contributed by atoms with Crippen molar-refractivity contribution in [2.75, 3.05) is 5.75 Å². The van der Waals surface area contributed by atoms with Crippen molar-refractivity contribution in [2.45, 2.75) is 56.6 Å². The van der Waals surface area contributed by atoms with Gasteiger partial charge < -0.3 is 0 Å². The summed E-state index contributed by atoms with van der Waals surface area (Å²) in [7, 11) is 0. The molecule has 0 N–H and O–H groups in total. The Kier molecular flexibility index (Phi) is 6.71. The van der Waals surface area contributed by atoms with Crippen LogP contribution in [-0.4, -0.2) is 15.3 Å². The van der Waals surface area contributed by atoms with E-state index in [0.717, 1.165) is 29.5 Å². The summed E-state index contributed by atoms with van der Waals surface area (Å²) in [6, 6.07) is 4.34. The molecule has 7 heteroatoms. The largest absolute Gasteiger partial charge is 0.283 e. The number of rotatable bonds is 7. The molecular weight excluding hydrogens is 376 g/mol. The number of aryl methyl sites for hydroxylation is 2. The Morgan fingerprint density at radius 3 is 2.89 bits per heavy atom. The van der Waals surface area contributed by atoms with E-state index in [9.17, 15) is 10.1 Å². The van der Waals surface area contributed by atoms with Gasteiger partial charge in [0, 0.05) is 23.6 Å². The molecule has 3 rings (SSSR count). The lowest BCUT2D eigenvalue weighted by Gasteiger charge is -2.12. The Morgan fingerprint density at radius 1 is 1.33 bits per heavy atom. The Morgan fingerprint density at radius 2 is 2.15 bits per heavy atom. The maximum atomic E-state index is 13.2. The summed E-state index contributed by atoms with van der Waals surface area (Å²) in [4.78, 5) is 20.2. The quantitative estimate of drug-likeness (QED) is 0.298. The fraction of sp³-hybridized carbons (Fsp3) is 0.500. The lowest BCUT2D eigenvalue weighted by Crippen LogP contribution is -2.23. The molecule has 0 spiro atoms. The summed E-state index contributed by atoms with van der Waals surface area (Å²) in [5.74, 6) is 0.303. The smallest absolute Gasteiger partial charge is 0.263 e. The predicted molar refractivity (Wildman–Crippen MR) is 110 cm³/mol. The van der Waals surface area contributed by atoms with Crippen molar-refractivity contribution >= 4 is 33.3 Å². The molecule has 2 aromatic heterocycles. The van der Waals surface area contributed by atoms with Crippen LogP contribution in [0.25, 0.3) is 10.2 Å². The monoisotopic (exact) mass is 398 g/mol. The Labute approximate surface area is 167 Å². The summed E-state index contributed by atoms with van der Waals surface area (Å²) in [6.45, 7) is 4.18. The van der Waals surface area contributed by atoms with Crippen LogP contribution < -0.4 is 5.56 Å². The van der Waals surface area contributed by atoms with Gasteiger partial charge in [0.2, 0.25) is 0 Å². The molecule has 0 bridgehead atoms. The van der Waals surface area contributed by atoms with Crippen molar-refractivity contribution in [1.82, 2.24) is 9.55 Å². The minimum Gasteiger partial charge on any atom is -0.283 e. The van der Waals surface area contributed by atoms with Crippen molar-refractivity contribution < 1.29 is 0 Å². The molecule has 0 unspecified atom stereocenters. The van der Waals surface area contributed by atoms with Gasteiger partial charge in [-0.05, 0) is 37.7 Å². The SMILES string of the molecule is C=CCn1c(SC[C@H](C#N)CCC#N)nc2sc3c(c2c1=O)CCCCC3. The average Bonchev–Trinajstić information content (AvgIpc) is 2.86. The van der Waals surface area contributed by atoms with Crippen LogP contribution in [0.2, 0.25) is 0 Å². The number of aromatic nitrogens is 2. The van der Waals surface area contributed by atoms with Gasteiger partial charge in [-0.3, -0.25) is 9.36 Å². The number of thioether (sulfide) groups is 1. The molecule has 1 atom stereocenters. The highest BCUT2D eigenvalue weighted by atomic mass is 32.2. The first-order valence-electron chi connectivity index (χ1n) is 9.25. The third kappa shape index (κ3) is 4.26. The van der Waals surface area contributed by atoms with Crippen LogP contribution in [0.1, 0.15) is 42.5 Å². The van der Waals surface area contributed by atoms with Crippen molar-refractivity contribution in [3.05, 3.63) is 33.4 Å². The minimum absolute atomic E-state index is 0.00679. The Balaban J connectivity index is 1.99. The van der Waals surface area contributed by atoms with Gasteiger partial charge in [-0.15, -0.1) is 17.9 Å². The van der Waals surface area contributed by atoms with Crippen molar-refractivity contribution in [3.8, 4) is 12.1 Å². The van der Waals surface area contributed by atoms with Gasteiger partial charge in [0.25, 0.3) is 5.56 Å². The lowest BCUT2D eigenvalue weighted by atomic mass is 10.1. The van der Waals surface area contributed by atoms with Crippen molar-refractivity contribution in [3.63, 3.8) is 0 Å². The molecule has 140 valence electrons. The van der Waals surface area contributed by atoms with Crippen LogP contribution in [0.15, 0.2) is 22.6 Å². The second-order valence-electron chi connectivity index (χ2n) is 6.68. The number of hydrogen-bond donors (Lipinski definition) is 0. The van der Waals surface area contributed by atoms with Crippen LogP contribution in [0.5, 0.6) is 0 Å². The minimum atomic E-state index is -0.223. The topological polar surface area (TPSA) is 82.5 Å². The third-order valence-electron chi connectivity index (χ3n) is 4.80. The Bertz CT molecular complexity index is 977. The molecule has 2 aromatic rings. The van der Waals surface area contributed by atoms with Gasteiger partial charge in [-0.2, -0.15) is 10.5 Å². The van der Waals surface area contributed by atoms with Gasteiger partial charge in [0.15, 0.2) is 5.16 Å². The zero-order valence-electron chi connectivity index (χ0n) is 15.2. The first-order valence-corrected chi connectivity index (χ1v) is 11.0.